The van der Waals surface area contributed by atoms with Crippen LogP contribution in [0.5, 0.6) is 5.75 Å². The number of hydrogen-bond donors (Lipinski definition) is 2. The summed E-state index contributed by atoms with van der Waals surface area (Å²) >= 11 is 1.38. The van der Waals surface area contributed by atoms with E-state index in [1.807, 2.05) is 6.92 Å². The van der Waals surface area contributed by atoms with Crippen molar-refractivity contribution >= 4 is 17.7 Å². The van der Waals surface area contributed by atoms with Crippen molar-refractivity contribution < 1.29 is 19.6 Å². The van der Waals surface area contributed by atoms with E-state index < -0.39 is 12.0 Å². The molecular formula is C9H10NO3S+. The van der Waals surface area contributed by atoms with Crippen molar-refractivity contribution in [3.8, 4) is 5.75 Å². The lowest BCUT2D eigenvalue weighted by atomic mass is 10.2. The van der Waals surface area contributed by atoms with E-state index in [-0.39, 0.29) is 5.75 Å². The fraction of sp³-hybridized carbons (Fsp3) is 0.333. The van der Waals surface area contributed by atoms with Gasteiger partial charge in [0.15, 0.2) is 11.4 Å². The summed E-state index contributed by atoms with van der Waals surface area (Å²) in [6, 6.07) is 2.76. The third kappa shape index (κ3) is 1.24. The molecule has 14 heavy (non-hydrogen) atoms. The molecule has 2 heterocycles. The molecule has 0 fully saturated rings. The Hall–Kier alpha value is -1.23. The summed E-state index contributed by atoms with van der Waals surface area (Å²) in [6.07, 6.45) is 0. The molecular weight excluding hydrogens is 202 g/mol. The van der Waals surface area contributed by atoms with Gasteiger partial charge < -0.3 is 10.2 Å². The van der Waals surface area contributed by atoms with Gasteiger partial charge in [-0.1, -0.05) is 0 Å². The lowest BCUT2D eigenvalue weighted by Crippen LogP contribution is -2.45. The lowest BCUT2D eigenvalue weighted by molar-refractivity contribution is -0.741. The number of aromatic hydroxyl groups is 1. The molecule has 1 aromatic rings. The molecule has 1 aromatic heterocycles. The normalized spacial score (nSPS) is 19.4. The Kier molecular flexibility index (Phi) is 2.11. The SMILES string of the molecule is Cc1ccc(O)c2[n+]1[C@H](C(=O)O)CS2. The molecule has 1 aliphatic rings. The van der Waals surface area contributed by atoms with Crippen molar-refractivity contribution in [2.75, 3.05) is 5.75 Å². The van der Waals surface area contributed by atoms with Crippen LogP contribution in [0.25, 0.3) is 0 Å². The molecule has 0 radical (unpaired) electrons. The van der Waals surface area contributed by atoms with Crippen LogP contribution in [0.15, 0.2) is 17.2 Å². The number of fused-ring (bicyclic) bond motifs is 1. The molecule has 1 aliphatic heterocycles. The molecule has 1 atom stereocenters. The first-order valence-corrected chi connectivity index (χ1v) is 5.19. The number of rotatable bonds is 1. The Bertz CT molecular complexity index is 405. The molecule has 4 nitrogen and oxygen atoms in total. The summed E-state index contributed by atoms with van der Waals surface area (Å²) in [4.78, 5) is 10.9. The number of aromatic nitrogens is 1. The quantitative estimate of drug-likeness (QED) is 0.673. The van der Waals surface area contributed by atoms with Gasteiger partial charge in [0.1, 0.15) is 0 Å². The van der Waals surface area contributed by atoms with Crippen molar-refractivity contribution in [2.45, 2.75) is 18.0 Å². The Morgan fingerprint density at radius 3 is 3.00 bits per heavy atom. The Labute approximate surface area is 85.2 Å². The maximum atomic E-state index is 10.9. The van der Waals surface area contributed by atoms with E-state index in [2.05, 4.69) is 0 Å². The minimum atomic E-state index is -0.852. The molecule has 0 aromatic carbocycles. The van der Waals surface area contributed by atoms with Gasteiger partial charge in [0.2, 0.25) is 0 Å². The highest BCUT2D eigenvalue weighted by atomic mass is 32.2. The zero-order valence-corrected chi connectivity index (χ0v) is 8.41. The summed E-state index contributed by atoms with van der Waals surface area (Å²) in [5, 5.41) is 19.1. The standard InChI is InChI=1S/C9H9NO3S/c1-5-2-3-7(11)8-10(5)6(4-14-8)9(12)13/h2-3,6H,4H2,1H3,(H-,11,12,13)/p+1/t6-/m0/s1. The van der Waals surface area contributed by atoms with Crippen LogP contribution in [0.3, 0.4) is 0 Å². The number of hydrogen-bond acceptors (Lipinski definition) is 3. The van der Waals surface area contributed by atoms with Crippen molar-refractivity contribution in [2.24, 2.45) is 0 Å². The topological polar surface area (TPSA) is 61.4 Å². The fourth-order valence-electron chi connectivity index (χ4n) is 1.58. The second-order valence-electron chi connectivity index (χ2n) is 3.20. The van der Waals surface area contributed by atoms with E-state index in [1.165, 1.54) is 11.8 Å². The van der Waals surface area contributed by atoms with E-state index in [0.29, 0.717) is 10.8 Å². The van der Waals surface area contributed by atoms with Crippen molar-refractivity contribution in [1.82, 2.24) is 0 Å². The number of aryl methyl sites for hydroxylation is 1. The van der Waals surface area contributed by atoms with Gasteiger partial charge in [-0.3, -0.25) is 0 Å². The second-order valence-corrected chi connectivity index (χ2v) is 4.21. The van der Waals surface area contributed by atoms with Crippen molar-refractivity contribution in [3.63, 3.8) is 0 Å². The highest BCUT2D eigenvalue weighted by Crippen LogP contribution is 2.33. The van der Waals surface area contributed by atoms with Crippen LogP contribution in [0.2, 0.25) is 0 Å². The molecule has 0 aliphatic carbocycles. The molecule has 0 saturated heterocycles. The van der Waals surface area contributed by atoms with E-state index in [4.69, 9.17) is 5.11 Å². The van der Waals surface area contributed by atoms with Crippen LogP contribution < -0.4 is 4.57 Å². The molecule has 2 rings (SSSR count). The maximum absolute atomic E-state index is 10.9. The van der Waals surface area contributed by atoms with Gasteiger partial charge in [-0.2, -0.15) is 4.57 Å². The summed E-state index contributed by atoms with van der Waals surface area (Å²) in [7, 11) is 0. The molecule has 2 N–H and O–H groups in total. The first kappa shape index (κ1) is 9.33. The lowest BCUT2D eigenvalue weighted by Gasteiger charge is -2.03. The van der Waals surface area contributed by atoms with Crippen LogP contribution >= 0.6 is 11.8 Å². The predicted molar refractivity (Wildman–Crippen MR) is 50.4 cm³/mol. The number of carbonyl (C=O) groups is 1. The molecule has 0 amide bonds. The van der Waals surface area contributed by atoms with Crippen LogP contribution in [0, 0.1) is 6.92 Å². The molecule has 5 heteroatoms. The molecule has 74 valence electrons. The third-order valence-electron chi connectivity index (χ3n) is 2.27. The van der Waals surface area contributed by atoms with Gasteiger partial charge in [0.25, 0.3) is 11.1 Å². The molecule has 0 unspecified atom stereocenters. The average Bonchev–Trinajstić information content (AvgIpc) is 2.56. The number of nitrogens with zero attached hydrogens (tertiary/aromatic N) is 1. The monoisotopic (exact) mass is 212 g/mol. The summed E-state index contributed by atoms with van der Waals surface area (Å²) in [5.41, 5.74) is 0.857. The Morgan fingerprint density at radius 2 is 2.36 bits per heavy atom. The van der Waals surface area contributed by atoms with Gasteiger partial charge >= 0.3 is 5.97 Å². The molecule has 0 saturated carbocycles. The number of thioether (sulfide) groups is 1. The van der Waals surface area contributed by atoms with Crippen LogP contribution in [-0.4, -0.2) is 21.9 Å². The van der Waals surface area contributed by atoms with Crippen LogP contribution in [0.1, 0.15) is 11.7 Å². The summed E-state index contributed by atoms with van der Waals surface area (Å²) in [6.45, 7) is 1.84. The molecule has 0 spiro atoms. The van der Waals surface area contributed by atoms with E-state index in [0.717, 1.165) is 5.69 Å². The highest BCUT2D eigenvalue weighted by Gasteiger charge is 2.40. The minimum Gasteiger partial charge on any atom is -0.502 e. The van der Waals surface area contributed by atoms with E-state index in [9.17, 15) is 9.90 Å². The first-order valence-electron chi connectivity index (χ1n) is 4.21. The van der Waals surface area contributed by atoms with Crippen molar-refractivity contribution in [1.29, 1.82) is 0 Å². The van der Waals surface area contributed by atoms with Gasteiger partial charge in [0.05, 0.1) is 5.75 Å². The van der Waals surface area contributed by atoms with Crippen LogP contribution in [-0.2, 0) is 4.79 Å². The number of carboxylic acids is 1. The van der Waals surface area contributed by atoms with Crippen molar-refractivity contribution in [3.05, 3.63) is 17.8 Å². The van der Waals surface area contributed by atoms with E-state index in [1.54, 1.807) is 16.7 Å². The second kappa shape index (κ2) is 3.16. The predicted octanol–water partition coefficient (Wildman–Crippen LogP) is 0.720. The first-order chi connectivity index (χ1) is 6.61. The Morgan fingerprint density at radius 1 is 1.64 bits per heavy atom. The zero-order chi connectivity index (χ0) is 10.3. The maximum Gasteiger partial charge on any atom is 0.374 e. The zero-order valence-electron chi connectivity index (χ0n) is 7.60. The van der Waals surface area contributed by atoms with Gasteiger partial charge in [-0.15, -0.1) is 0 Å². The number of aliphatic carboxylic acids is 1. The summed E-state index contributed by atoms with van der Waals surface area (Å²) < 4.78 is 1.67. The third-order valence-corrected chi connectivity index (χ3v) is 3.44. The average molecular weight is 212 g/mol. The van der Waals surface area contributed by atoms with Gasteiger partial charge in [0, 0.05) is 13.0 Å². The molecule has 0 bridgehead atoms. The Balaban J connectivity index is 2.58. The smallest absolute Gasteiger partial charge is 0.374 e. The minimum absolute atomic E-state index is 0.157. The summed E-state index contributed by atoms with van der Waals surface area (Å²) in [5.74, 6) is -0.215. The highest BCUT2D eigenvalue weighted by molar-refractivity contribution is 7.99. The number of pyridine rings is 1. The fourth-order valence-corrected chi connectivity index (χ4v) is 2.81. The van der Waals surface area contributed by atoms with Gasteiger partial charge in [-0.05, 0) is 17.8 Å². The van der Waals surface area contributed by atoms with Crippen LogP contribution in [0.4, 0.5) is 0 Å². The number of carboxylic acid groups (broad SMARTS) is 1. The van der Waals surface area contributed by atoms with E-state index >= 15 is 0 Å². The van der Waals surface area contributed by atoms with Gasteiger partial charge in [-0.25, -0.2) is 4.79 Å². The largest absolute Gasteiger partial charge is 0.502 e.